The van der Waals surface area contributed by atoms with E-state index in [2.05, 4.69) is 17.6 Å². The minimum atomic E-state index is -0.400. The Labute approximate surface area is 101 Å². The highest BCUT2D eigenvalue weighted by molar-refractivity contribution is 5.73. The van der Waals surface area contributed by atoms with Gasteiger partial charge in [-0.25, -0.2) is 9.13 Å². The maximum absolute atomic E-state index is 9.54. The molecule has 2 aromatic rings. The summed E-state index contributed by atoms with van der Waals surface area (Å²) in [4.78, 5) is 0. The van der Waals surface area contributed by atoms with Crippen LogP contribution >= 0.6 is 0 Å². The van der Waals surface area contributed by atoms with Crippen LogP contribution in [0.25, 0.3) is 11.0 Å². The molecule has 3 N–H and O–H groups in total. The lowest BCUT2D eigenvalue weighted by Crippen LogP contribution is -2.41. The van der Waals surface area contributed by atoms with Crippen molar-refractivity contribution in [2.45, 2.75) is 39.5 Å². The lowest BCUT2D eigenvalue weighted by Gasteiger charge is -2.03. The van der Waals surface area contributed by atoms with Crippen LogP contribution < -0.4 is 10.3 Å². The molecule has 2 rings (SSSR count). The van der Waals surface area contributed by atoms with E-state index in [1.165, 1.54) is 0 Å². The van der Waals surface area contributed by atoms with Gasteiger partial charge in [0.25, 0.3) is 0 Å². The average molecular weight is 234 g/mol. The number of nitrogens with zero attached hydrogens (tertiary/aromatic N) is 2. The van der Waals surface area contributed by atoms with E-state index >= 15 is 0 Å². The molecule has 0 amide bonds. The summed E-state index contributed by atoms with van der Waals surface area (Å²) in [5.74, 6) is 0.717. The lowest BCUT2D eigenvalue weighted by atomic mass is 10.3. The normalized spacial score (nSPS) is 13.1. The van der Waals surface area contributed by atoms with Crippen LogP contribution in [0.4, 0.5) is 5.95 Å². The summed E-state index contributed by atoms with van der Waals surface area (Å²) in [5.41, 5.74) is 8.38. The predicted octanol–water partition coefficient (Wildman–Crippen LogP) is 1.30. The summed E-state index contributed by atoms with van der Waals surface area (Å²) < 4.78 is 4.09. The van der Waals surface area contributed by atoms with Gasteiger partial charge in [-0.2, -0.15) is 0 Å². The summed E-state index contributed by atoms with van der Waals surface area (Å²) >= 11 is 0. The topological polar surface area (TPSA) is 55.1 Å². The van der Waals surface area contributed by atoms with Gasteiger partial charge in [0.15, 0.2) is 0 Å². The molecular weight excluding hydrogens is 214 g/mol. The second-order valence-corrected chi connectivity index (χ2v) is 4.46. The molecule has 4 heteroatoms. The zero-order chi connectivity index (χ0) is 12.4. The van der Waals surface area contributed by atoms with Gasteiger partial charge < -0.3 is 5.11 Å². The first kappa shape index (κ1) is 11.9. The average Bonchev–Trinajstić information content (AvgIpc) is 2.55. The van der Waals surface area contributed by atoms with Gasteiger partial charge in [0, 0.05) is 0 Å². The Bertz CT molecular complexity index is 517. The molecule has 1 aromatic carbocycles. The quantitative estimate of drug-likeness (QED) is 0.783. The fourth-order valence-corrected chi connectivity index (χ4v) is 2.23. The summed E-state index contributed by atoms with van der Waals surface area (Å²) in [7, 11) is 0. The molecule has 0 radical (unpaired) electrons. The second kappa shape index (κ2) is 4.75. The molecule has 0 fully saturated rings. The Morgan fingerprint density at radius 2 is 2.12 bits per heavy atom. The molecule has 1 heterocycles. The van der Waals surface area contributed by atoms with Gasteiger partial charge in [0.05, 0.1) is 19.2 Å². The molecule has 0 aliphatic carbocycles. The lowest BCUT2D eigenvalue weighted by molar-refractivity contribution is -0.664. The Hall–Kier alpha value is -1.55. The highest BCUT2D eigenvalue weighted by Crippen LogP contribution is 2.16. The molecule has 1 atom stereocenters. The van der Waals surface area contributed by atoms with E-state index in [4.69, 9.17) is 5.73 Å². The molecule has 0 spiro atoms. The van der Waals surface area contributed by atoms with Crippen LogP contribution in [-0.2, 0) is 13.1 Å². The molecule has 92 valence electrons. The zero-order valence-corrected chi connectivity index (χ0v) is 10.4. The van der Waals surface area contributed by atoms with Gasteiger partial charge in [-0.15, -0.1) is 0 Å². The van der Waals surface area contributed by atoms with E-state index in [0.717, 1.165) is 24.0 Å². The minimum absolute atomic E-state index is 0.400. The third-order valence-electron chi connectivity index (χ3n) is 2.91. The van der Waals surface area contributed by atoms with Crippen molar-refractivity contribution in [2.75, 3.05) is 5.73 Å². The number of para-hydroxylation sites is 2. The molecule has 17 heavy (non-hydrogen) atoms. The van der Waals surface area contributed by atoms with E-state index in [1.54, 1.807) is 6.92 Å². The van der Waals surface area contributed by atoms with Crippen LogP contribution in [0.15, 0.2) is 24.3 Å². The molecule has 0 saturated carbocycles. The van der Waals surface area contributed by atoms with E-state index in [1.807, 2.05) is 22.8 Å². The molecule has 0 saturated heterocycles. The molecule has 1 unspecified atom stereocenters. The van der Waals surface area contributed by atoms with Crippen molar-refractivity contribution in [3.05, 3.63) is 24.3 Å². The number of benzene rings is 1. The first-order chi connectivity index (χ1) is 8.15. The first-order valence-electron chi connectivity index (χ1n) is 6.09. The van der Waals surface area contributed by atoms with Gasteiger partial charge in [0.1, 0.15) is 11.0 Å². The standard InChI is InChI=1S/C13H19N3O/c1-3-8-15-11-6-4-5-7-12(11)16(13(15)14)9-10(2)17/h4-7,10,14,17H,3,8-9H2,1-2H3/p+1. The monoisotopic (exact) mass is 234 g/mol. The molecule has 0 aliphatic heterocycles. The number of anilines is 1. The van der Waals surface area contributed by atoms with Gasteiger partial charge in [-0.05, 0) is 25.5 Å². The SMILES string of the molecule is CCCn1c(N)[n+](CC(C)O)c2ccccc21. The maximum Gasteiger partial charge on any atom is 0.356 e. The number of imidazole rings is 1. The number of hydrogen-bond acceptors (Lipinski definition) is 2. The fourth-order valence-electron chi connectivity index (χ4n) is 2.23. The number of aliphatic hydroxyl groups is 1. The smallest absolute Gasteiger partial charge is 0.356 e. The van der Waals surface area contributed by atoms with Crippen molar-refractivity contribution >= 4 is 17.0 Å². The molecule has 0 aliphatic rings. The third kappa shape index (κ3) is 2.13. The summed E-state index contributed by atoms with van der Waals surface area (Å²) in [6.07, 6.45) is 0.639. The predicted molar refractivity (Wildman–Crippen MR) is 68.5 cm³/mol. The van der Waals surface area contributed by atoms with Crippen molar-refractivity contribution < 1.29 is 9.67 Å². The Morgan fingerprint density at radius 3 is 2.76 bits per heavy atom. The summed E-state index contributed by atoms with van der Waals surface area (Å²) in [5, 5.41) is 9.54. The number of nitrogen functional groups attached to an aromatic ring is 1. The summed E-state index contributed by atoms with van der Waals surface area (Å²) in [6, 6.07) is 8.12. The number of rotatable bonds is 4. The van der Waals surface area contributed by atoms with Gasteiger partial charge in [0.2, 0.25) is 0 Å². The van der Waals surface area contributed by atoms with Gasteiger partial charge in [-0.3, -0.25) is 5.73 Å². The molecule has 0 bridgehead atoms. The Balaban J connectivity index is 2.61. The van der Waals surface area contributed by atoms with Crippen molar-refractivity contribution in [2.24, 2.45) is 0 Å². The van der Waals surface area contributed by atoms with Crippen molar-refractivity contribution in [3.8, 4) is 0 Å². The molecule has 4 nitrogen and oxygen atoms in total. The van der Waals surface area contributed by atoms with E-state index in [9.17, 15) is 5.11 Å². The molecule has 1 aromatic heterocycles. The summed E-state index contributed by atoms with van der Waals surface area (Å²) in [6.45, 7) is 5.34. The van der Waals surface area contributed by atoms with Crippen LogP contribution in [0.2, 0.25) is 0 Å². The highest BCUT2D eigenvalue weighted by Gasteiger charge is 2.20. The second-order valence-electron chi connectivity index (χ2n) is 4.46. The van der Waals surface area contributed by atoms with E-state index < -0.39 is 6.10 Å². The number of nitrogens with two attached hydrogens (primary N) is 1. The number of aryl methyl sites for hydroxylation is 1. The minimum Gasteiger partial charge on any atom is -0.390 e. The highest BCUT2D eigenvalue weighted by atomic mass is 16.3. The number of hydrogen-bond donors (Lipinski definition) is 2. The van der Waals surface area contributed by atoms with Crippen molar-refractivity contribution in [3.63, 3.8) is 0 Å². The van der Waals surface area contributed by atoms with E-state index in [-0.39, 0.29) is 0 Å². The Morgan fingerprint density at radius 1 is 1.41 bits per heavy atom. The largest absolute Gasteiger partial charge is 0.390 e. The Kier molecular flexibility index (Phi) is 3.33. The van der Waals surface area contributed by atoms with Crippen LogP contribution in [0.1, 0.15) is 20.3 Å². The van der Waals surface area contributed by atoms with Crippen LogP contribution in [0.5, 0.6) is 0 Å². The van der Waals surface area contributed by atoms with Crippen LogP contribution in [0, 0.1) is 0 Å². The maximum atomic E-state index is 9.54. The third-order valence-corrected chi connectivity index (χ3v) is 2.91. The van der Waals surface area contributed by atoms with Crippen molar-refractivity contribution in [1.82, 2.24) is 4.57 Å². The van der Waals surface area contributed by atoms with Gasteiger partial charge >= 0.3 is 5.95 Å². The first-order valence-corrected chi connectivity index (χ1v) is 6.09. The number of fused-ring (bicyclic) bond motifs is 1. The zero-order valence-electron chi connectivity index (χ0n) is 10.4. The van der Waals surface area contributed by atoms with Crippen LogP contribution in [-0.4, -0.2) is 15.8 Å². The van der Waals surface area contributed by atoms with E-state index in [0.29, 0.717) is 12.5 Å². The van der Waals surface area contributed by atoms with Crippen LogP contribution in [0.3, 0.4) is 0 Å². The number of aliphatic hydroxyl groups excluding tert-OH is 1. The van der Waals surface area contributed by atoms with Crippen molar-refractivity contribution in [1.29, 1.82) is 0 Å². The molecular formula is C13H20N3O+. The van der Waals surface area contributed by atoms with Gasteiger partial charge in [-0.1, -0.05) is 19.1 Å². The fraction of sp³-hybridized carbons (Fsp3) is 0.462. The number of aromatic nitrogens is 2.